The highest BCUT2D eigenvalue weighted by Gasteiger charge is 2.33. The molecule has 0 aliphatic heterocycles. The molecule has 2 rings (SSSR count). The molecular formula is C12H16O. The largest absolute Gasteiger partial charge is 0.290 e. The standard InChI is InChI=1S/C12H16O/c1-9-10-5-3-4-7-12(10,2)8-6-11(9)13/h6,8H,3-5,7H2,1-2H3. The zero-order valence-electron chi connectivity index (χ0n) is 8.39. The van der Waals surface area contributed by atoms with Gasteiger partial charge in [-0.1, -0.05) is 25.0 Å². The smallest absolute Gasteiger partial charge is 0.181 e. The number of ketones is 1. The van der Waals surface area contributed by atoms with Gasteiger partial charge >= 0.3 is 0 Å². The van der Waals surface area contributed by atoms with Crippen molar-refractivity contribution in [1.82, 2.24) is 0 Å². The zero-order valence-corrected chi connectivity index (χ0v) is 8.39. The van der Waals surface area contributed by atoms with Crippen LogP contribution in [0.4, 0.5) is 0 Å². The van der Waals surface area contributed by atoms with E-state index in [0.29, 0.717) is 0 Å². The van der Waals surface area contributed by atoms with Crippen molar-refractivity contribution in [2.75, 3.05) is 0 Å². The van der Waals surface area contributed by atoms with E-state index in [1.807, 2.05) is 6.92 Å². The van der Waals surface area contributed by atoms with Gasteiger partial charge in [0.2, 0.25) is 0 Å². The Hall–Kier alpha value is -0.850. The van der Waals surface area contributed by atoms with E-state index < -0.39 is 0 Å². The van der Waals surface area contributed by atoms with Crippen molar-refractivity contribution in [2.45, 2.75) is 39.5 Å². The Labute approximate surface area is 79.5 Å². The van der Waals surface area contributed by atoms with Crippen LogP contribution in [0.3, 0.4) is 0 Å². The summed E-state index contributed by atoms with van der Waals surface area (Å²) in [6, 6.07) is 0. The van der Waals surface area contributed by atoms with Gasteiger partial charge in [0, 0.05) is 5.41 Å². The fourth-order valence-electron chi connectivity index (χ4n) is 2.56. The van der Waals surface area contributed by atoms with Gasteiger partial charge in [0.25, 0.3) is 0 Å². The summed E-state index contributed by atoms with van der Waals surface area (Å²) in [7, 11) is 0. The Bertz CT molecular complexity index is 309. The lowest BCUT2D eigenvalue weighted by atomic mass is 9.67. The molecule has 70 valence electrons. The summed E-state index contributed by atoms with van der Waals surface area (Å²) < 4.78 is 0. The molecule has 1 fully saturated rings. The van der Waals surface area contributed by atoms with Gasteiger partial charge in [0.05, 0.1) is 0 Å². The molecular weight excluding hydrogens is 160 g/mol. The van der Waals surface area contributed by atoms with Crippen molar-refractivity contribution in [1.29, 1.82) is 0 Å². The summed E-state index contributed by atoms with van der Waals surface area (Å²) >= 11 is 0. The first-order chi connectivity index (χ1) is 6.13. The highest BCUT2D eigenvalue weighted by Crippen LogP contribution is 2.45. The third-order valence-corrected chi connectivity index (χ3v) is 3.49. The van der Waals surface area contributed by atoms with Gasteiger partial charge in [-0.25, -0.2) is 0 Å². The van der Waals surface area contributed by atoms with E-state index in [-0.39, 0.29) is 11.2 Å². The maximum atomic E-state index is 11.4. The van der Waals surface area contributed by atoms with Crippen LogP contribution in [0, 0.1) is 5.41 Å². The second-order valence-corrected chi connectivity index (χ2v) is 4.43. The lowest BCUT2D eigenvalue weighted by molar-refractivity contribution is -0.111. The van der Waals surface area contributed by atoms with Crippen LogP contribution in [0.25, 0.3) is 0 Å². The molecule has 0 bridgehead atoms. The lowest BCUT2D eigenvalue weighted by Gasteiger charge is -2.37. The van der Waals surface area contributed by atoms with Crippen LogP contribution in [0.1, 0.15) is 39.5 Å². The molecule has 0 radical (unpaired) electrons. The fraction of sp³-hybridized carbons (Fsp3) is 0.583. The summed E-state index contributed by atoms with van der Waals surface area (Å²) in [4.78, 5) is 11.4. The third kappa shape index (κ3) is 1.27. The molecule has 1 saturated carbocycles. The Morgan fingerprint density at radius 3 is 2.92 bits per heavy atom. The molecule has 1 unspecified atom stereocenters. The minimum absolute atomic E-state index is 0.205. The zero-order chi connectivity index (χ0) is 9.47. The third-order valence-electron chi connectivity index (χ3n) is 3.49. The molecule has 1 atom stereocenters. The topological polar surface area (TPSA) is 17.1 Å². The van der Waals surface area contributed by atoms with Crippen LogP contribution in [0.2, 0.25) is 0 Å². The first kappa shape index (κ1) is 8.74. The van der Waals surface area contributed by atoms with Crippen LogP contribution < -0.4 is 0 Å². The number of hydrogen-bond acceptors (Lipinski definition) is 1. The van der Waals surface area contributed by atoms with Gasteiger partial charge in [-0.15, -0.1) is 0 Å². The quantitative estimate of drug-likeness (QED) is 0.554. The molecule has 0 aromatic carbocycles. The molecule has 1 nitrogen and oxygen atoms in total. The molecule has 1 heteroatoms. The molecule has 2 aliphatic carbocycles. The summed E-state index contributed by atoms with van der Waals surface area (Å²) in [6.07, 6.45) is 8.75. The summed E-state index contributed by atoms with van der Waals surface area (Å²) in [5.74, 6) is 0.217. The SMILES string of the molecule is CC1=C2CCCCC2(C)C=CC1=O. The van der Waals surface area contributed by atoms with Crippen molar-refractivity contribution in [2.24, 2.45) is 5.41 Å². The van der Waals surface area contributed by atoms with Crippen LogP contribution in [0.15, 0.2) is 23.3 Å². The summed E-state index contributed by atoms with van der Waals surface area (Å²) in [5.41, 5.74) is 2.60. The van der Waals surface area contributed by atoms with Gasteiger partial charge in [-0.05, 0) is 37.8 Å². The first-order valence-corrected chi connectivity index (χ1v) is 5.07. The summed E-state index contributed by atoms with van der Waals surface area (Å²) in [6.45, 7) is 4.23. The number of hydrogen-bond donors (Lipinski definition) is 0. The van der Waals surface area contributed by atoms with Crippen molar-refractivity contribution in [3.63, 3.8) is 0 Å². The van der Waals surface area contributed by atoms with E-state index in [2.05, 4.69) is 13.0 Å². The minimum Gasteiger partial charge on any atom is -0.290 e. The van der Waals surface area contributed by atoms with Gasteiger partial charge < -0.3 is 0 Å². The highest BCUT2D eigenvalue weighted by atomic mass is 16.1. The first-order valence-electron chi connectivity index (χ1n) is 5.07. The predicted molar refractivity (Wildman–Crippen MR) is 53.4 cm³/mol. The Morgan fingerprint density at radius 1 is 1.38 bits per heavy atom. The molecule has 0 spiro atoms. The maximum absolute atomic E-state index is 11.4. The molecule has 13 heavy (non-hydrogen) atoms. The van der Waals surface area contributed by atoms with Crippen LogP contribution in [-0.2, 0) is 4.79 Å². The number of rotatable bonds is 0. The number of carbonyl (C=O) groups is 1. The van der Waals surface area contributed by atoms with E-state index >= 15 is 0 Å². The number of carbonyl (C=O) groups excluding carboxylic acids is 1. The van der Waals surface area contributed by atoms with Crippen LogP contribution >= 0.6 is 0 Å². The molecule has 0 saturated heterocycles. The van der Waals surface area contributed by atoms with Gasteiger partial charge in [-0.2, -0.15) is 0 Å². The highest BCUT2D eigenvalue weighted by molar-refractivity contribution is 6.05. The monoisotopic (exact) mass is 176 g/mol. The normalized spacial score (nSPS) is 33.5. The van der Waals surface area contributed by atoms with E-state index in [1.165, 1.54) is 24.8 Å². The Kier molecular flexibility index (Phi) is 1.90. The second kappa shape index (κ2) is 2.83. The number of allylic oxidation sites excluding steroid dienone is 4. The average Bonchev–Trinajstić information content (AvgIpc) is 2.12. The van der Waals surface area contributed by atoms with Crippen molar-refractivity contribution >= 4 is 5.78 Å². The molecule has 0 amide bonds. The van der Waals surface area contributed by atoms with Crippen LogP contribution in [0.5, 0.6) is 0 Å². The summed E-state index contributed by atoms with van der Waals surface area (Å²) in [5, 5.41) is 0. The predicted octanol–water partition coefficient (Wildman–Crippen LogP) is 3.02. The Balaban J connectivity index is 2.45. The van der Waals surface area contributed by atoms with Gasteiger partial charge in [0.15, 0.2) is 5.78 Å². The van der Waals surface area contributed by atoms with Crippen molar-refractivity contribution in [3.05, 3.63) is 23.3 Å². The van der Waals surface area contributed by atoms with E-state index in [9.17, 15) is 4.79 Å². The van der Waals surface area contributed by atoms with E-state index in [1.54, 1.807) is 6.08 Å². The maximum Gasteiger partial charge on any atom is 0.181 e. The van der Waals surface area contributed by atoms with Crippen LogP contribution in [-0.4, -0.2) is 5.78 Å². The molecule has 0 aromatic rings. The fourth-order valence-corrected chi connectivity index (χ4v) is 2.56. The lowest BCUT2D eigenvalue weighted by Crippen LogP contribution is -2.26. The second-order valence-electron chi connectivity index (χ2n) is 4.43. The van der Waals surface area contributed by atoms with Gasteiger partial charge in [0.1, 0.15) is 0 Å². The molecule has 0 aromatic heterocycles. The minimum atomic E-state index is 0.205. The molecule has 0 N–H and O–H groups in total. The average molecular weight is 176 g/mol. The molecule has 2 aliphatic rings. The number of fused-ring (bicyclic) bond motifs is 1. The Morgan fingerprint density at radius 2 is 2.15 bits per heavy atom. The van der Waals surface area contributed by atoms with E-state index in [4.69, 9.17) is 0 Å². The van der Waals surface area contributed by atoms with E-state index in [0.717, 1.165) is 12.0 Å². The van der Waals surface area contributed by atoms with Crippen molar-refractivity contribution in [3.8, 4) is 0 Å². The van der Waals surface area contributed by atoms with Gasteiger partial charge in [-0.3, -0.25) is 4.79 Å². The molecule has 0 heterocycles. The van der Waals surface area contributed by atoms with Crippen molar-refractivity contribution < 1.29 is 4.79 Å².